The van der Waals surface area contributed by atoms with Crippen molar-refractivity contribution in [3.8, 4) is 0 Å². The molecule has 114 valence electrons. The molecule has 1 aromatic rings. The third kappa shape index (κ3) is 3.35. The number of nitrogens with zero attached hydrogens (tertiary/aromatic N) is 1. The zero-order valence-corrected chi connectivity index (χ0v) is 12.2. The van der Waals surface area contributed by atoms with E-state index in [1.54, 1.807) is 0 Å². The van der Waals surface area contributed by atoms with Gasteiger partial charge in [-0.15, -0.1) is 0 Å². The molecule has 0 aliphatic rings. The van der Waals surface area contributed by atoms with Gasteiger partial charge in [-0.05, 0) is 12.8 Å². The average Bonchev–Trinajstić information content (AvgIpc) is 2.38. The number of sulfonamides is 1. The topological polar surface area (TPSA) is 123 Å². The zero-order chi connectivity index (χ0) is 15.3. The summed E-state index contributed by atoms with van der Waals surface area (Å²) in [5, 5.41) is 9.05. The van der Waals surface area contributed by atoms with E-state index in [1.807, 2.05) is 18.8 Å². The van der Waals surface area contributed by atoms with Crippen molar-refractivity contribution in [2.75, 3.05) is 13.2 Å². The van der Waals surface area contributed by atoms with Gasteiger partial charge < -0.3 is 10.1 Å². The third-order valence-corrected chi connectivity index (χ3v) is 5.00. The Bertz CT molecular complexity index is 645. The molecule has 0 aliphatic heterocycles. The van der Waals surface area contributed by atoms with Crippen molar-refractivity contribution in [1.82, 2.24) is 14.3 Å². The van der Waals surface area contributed by atoms with Crippen LogP contribution in [0.1, 0.15) is 26.7 Å². The van der Waals surface area contributed by atoms with E-state index in [2.05, 4.69) is 4.98 Å². The fourth-order valence-electron chi connectivity index (χ4n) is 2.01. The van der Waals surface area contributed by atoms with Crippen molar-refractivity contribution in [3.05, 3.63) is 27.0 Å². The number of H-pyrrole nitrogens is 2. The maximum Gasteiger partial charge on any atom is 0.325 e. The number of nitrogens with one attached hydrogen (secondary N) is 2. The minimum absolute atomic E-state index is 0.104. The summed E-state index contributed by atoms with van der Waals surface area (Å²) in [7, 11) is -4.07. The Hall–Kier alpha value is -1.45. The predicted octanol–water partition coefficient (Wildman–Crippen LogP) is -0.765. The fraction of sp³-hybridized carbons (Fsp3) is 0.636. The highest BCUT2D eigenvalue weighted by Gasteiger charge is 2.31. The molecule has 1 rings (SSSR count). The first kappa shape index (κ1) is 16.6. The van der Waals surface area contributed by atoms with E-state index >= 15 is 0 Å². The second-order valence-electron chi connectivity index (χ2n) is 4.25. The van der Waals surface area contributed by atoms with Crippen LogP contribution < -0.4 is 11.2 Å². The molecule has 0 aliphatic carbocycles. The van der Waals surface area contributed by atoms with Crippen LogP contribution in [0.2, 0.25) is 0 Å². The molecule has 0 amide bonds. The number of rotatable bonds is 7. The Morgan fingerprint density at radius 1 is 1.30 bits per heavy atom. The molecule has 0 fully saturated rings. The Morgan fingerprint density at radius 2 is 1.90 bits per heavy atom. The maximum absolute atomic E-state index is 12.5. The molecule has 3 N–H and O–H groups in total. The second kappa shape index (κ2) is 6.82. The van der Waals surface area contributed by atoms with Crippen molar-refractivity contribution in [3.63, 3.8) is 0 Å². The van der Waals surface area contributed by atoms with Crippen molar-refractivity contribution in [2.45, 2.75) is 37.6 Å². The average molecular weight is 305 g/mol. The lowest BCUT2D eigenvalue weighted by Gasteiger charge is -2.28. The van der Waals surface area contributed by atoms with Gasteiger partial charge >= 0.3 is 5.69 Å². The molecular formula is C11H19N3O5S. The van der Waals surface area contributed by atoms with E-state index in [9.17, 15) is 18.0 Å². The molecule has 0 saturated carbocycles. The van der Waals surface area contributed by atoms with Gasteiger partial charge in [0.2, 0.25) is 10.0 Å². The van der Waals surface area contributed by atoms with Crippen molar-refractivity contribution in [1.29, 1.82) is 0 Å². The van der Waals surface area contributed by atoms with Crippen molar-refractivity contribution >= 4 is 10.0 Å². The first-order valence-electron chi connectivity index (χ1n) is 6.33. The highest BCUT2D eigenvalue weighted by atomic mass is 32.2. The molecule has 9 heteroatoms. The quantitative estimate of drug-likeness (QED) is 0.610. The SMILES string of the molecule is CCC(CC)N(CCO)S(=O)(=O)c1c[nH]c(=O)[nH]c1=O. The lowest BCUT2D eigenvalue weighted by molar-refractivity contribution is 0.219. The number of hydrogen-bond acceptors (Lipinski definition) is 5. The number of hydrogen-bond donors (Lipinski definition) is 3. The number of aromatic nitrogens is 2. The molecule has 1 heterocycles. The second-order valence-corrected chi connectivity index (χ2v) is 6.10. The molecule has 0 spiro atoms. The van der Waals surface area contributed by atoms with E-state index < -0.39 is 26.2 Å². The summed E-state index contributed by atoms with van der Waals surface area (Å²) in [6.45, 7) is 3.19. The molecule has 0 radical (unpaired) electrons. The molecule has 8 nitrogen and oxygen atoms in total. The molecule has 20 heavy (non-hydrogen) atoms. The van der Waals surface area contributed by atoms with Crippen LogP contribution in [-0.4, -0.2) is 47.0 Å². The van der Waals surface area contributed by atoms with Crippen LogP contribution in [-0.2, 0) is 10.0 Å². The van der Waals surface area contributed by atoms with Gasteiger partial charge in [0.1, 0.15) is 0 Å². The lowest BCUT2D eigenvalue weighted by atomic mass is 10.2. The molecule has 0 aromatic carbocycles. The summed E-state index contributed by atoms with van der Waals surface area (Å²) < 4.78 is 26.1. The molecule has 1 aromatic heterocycles. The Labute approximate surface area is 116 Å². The number of aromatic amines is 2. The van der Waals surface area contributed by atoms with Crippen LogP contribution in [0.25, 0.3) is 0 Å². The Morgan fingerprint density at radius 3 is 2.35 bits per heavy atom. The summed E-state index contributed by atoms with van der Waals surface area (Å²) >= 11 is 0. The van der Waals surface area contributed by atoms with E-state index in [0.717, 1.165) is 10.5 Å². The number of aliphatic hydroxyl groups is 1. The fourth-order valence-corrected chi connectivity index (χ4v) is 3.77. The van der Waals surface area contributed by atoms with Crippen LogP contribution >= 0.6 is 0 Å². The monoisotopic (exact) mass is 305 g/mol. The van der Waals surface area contributed by atoms with Gasteiger partial charge in [-0.25, -0.2) is 13.2 Å². The standard InChI is InChI=1S/C11H19N3O5S/c1-3-8(4-2)14(5-6-15)20(18,19)9-7-12-11(17)13-10(9)16/h7-8,15H,3-6H2,1-2H3,(H2,12,13,16,17). The van der Waals surface area contributed by atoms with Crippen molar-refractivity contribution < 1.29 is 13.5 Å². The van der Waals surface area contributed by atoms with Crippen LogP contribution in [0, 0.1) is 0 Å². The van der Waals surface area contributed by atoms with Gasteiger partial charge in [0.15, 0.2) is 4.90 Å². The minimum atomic E-state index is -4.07. The largest absolute Gasteiger partial charge is 0.395 e. The minimum Gasteiger partial charge on any atom is -0.395 e. The highest BCUT2D eigenvalue weighted by Crippen LogP contribution is 2.17. The van der Waals surface area contributed by atoms with Gasteiger partial charge in [0.25, 0.3) is 5.56 Å². The highest BCUT2D eigenvalue weighted by molar-refractivity contribution is 7.89. The normalized spacial score (nSPS) is 12.2. The molecule has 0 bridgehead atoms. The summed E-state index contributed by atoms with van der Waals surface area (Å²) in [5.41, 5.74) is -1.74. The Balaban J connectivity index is 3.36. The van der Waals surface area contributed by atoms with Gasteiger partial charge in [-0.3, -0.25) is 9.78 Å². The van der Waals surface area contributed by atoms with E-state index in [1.165, 1.54) is 0 Å². The van der Waals surface area contributed by atoms with Gasteiger partial charge in [-0.2, -0.15) is 4.31 Å². The molecule has 0 unspecified atom stereocenters. The van der Waals surface area contributed by atoms with Crippen LogP contribution in [0.5, 0.6) is 0 Å². The van der Waals surface area contributed by atoms with Gasteiger partial charge in [0, 0.05) is 18.8 Å². The van der Waals surface area contributed by atoms with Gasteiger partial charge in [0.05, 0.1) is 6.61 Å². The zero-order valence-electron chi connectivity index (χ0n) is 11.4. The maximum atomic E-state index is 12.5. The molecule has 0 saturated heterocycles. The first-order chi connectivity index (χ1) is 9.38. The molecule has 0 atom stereocenters. The predicted molar refractivity (Wildman–Crippen MR) is 73.0 cm³/mol. The summed E-state index contributed by atoms with van der Waals surface area (Å²) in [6.07, 6.45) is 1.98. The van der Waals surface area contributed by atoms with Crippen LogP contribution in [0.15, 0.2) is 20.7 Å². The Kier molecular flexibility index (Phi) is 5.66. The molecular weight excluding hydrogens is 286 g/mol. The lowest BCUT2D eigenvalue weighted by Crippen LogP contribution is -2.44. The smallest absolute Gasteiger partial charge is 0.325 e. The van der Waals surface area contributed by atoms with E-state index in [0.29, 0.717) is 12.8 Å². The summed E-state index contributed by atoms with van der Waals surface area (Å²) in [6, 6.07) is -0.321. The van der Waals surface area contributed by atoms with Gasteiger partial charge in [-0.1, -0.05) is 13.8 Å². The first-order valence-corrected chi connectivity index (χ1v) is 7.77. The van der Waals surface area contributed by atoms with Crippen LogP contribution in [0.4, 0.5) is 0 Å². The van der Waals surface area contributed by atoms with E-state index in [-0.39, 0.29) is 19.2 Å². The van der Waals surface area contributed by atoms with Crippen molar-refractivity contribution in [2.24, 2.45) is 0 Å². The van der Waals surface area contributed by atoms with E-state index in [4.69, 9.17) is 5.11 Å². The number of aliphatic hydroxyl groups excluding tert-OH is 1. The third-order valence-electron chi connectivity index (χ3n) is 3.04. The summed E-state index contributed by atoms with van der Waals surface area (Å²) in [4.78, 5) is 26.1. The van der Waals surface area contributed by atoms with Crippen LogP contribution in [0.3, 0.4) is 0 Å². The summed E-state index contributed by atoms with van der Waals surface area (Å²) in [5.74, 6) is 0.